The Balaban J connectivity index is 1.85. The molecular formula is C20H17ClN4O. The molecule has 1 aromatic heterocycles. The van der Waals surface area contributed by atoms with Gasteiger partial charge in [-0.15, -0.1) is 0 Å². The van der Waals surface area contributed by atoms with Crippen LogP contribution in [0.3, 0.4) is 0 Å². The van der Waals surface area contributed by atoms with E-state index in [-0.39, 0.29) is 17.3 Å². The fourth-order valence-corrected chi connectivity index (χ4v) is 3.42. The topological polar surface area (TPSA) is 59.9 Å². The molecule has 6 heteroatoms. The molecule has 5 nitrogen and oxygen atoms in total. The third-order valence-electron chi connectivity index (χ3n) is 4.36. The molecule has 26 heavy (non-hydrogen) atoms. The first kappa shape index (κ1) is 16.5. The van der Waals surface area contributed by atoms with Crippen LogP contribution in [0.1, 0.15) is 18.5 Å². The maximum Gasteiger partial charge on any atom is 0.322 e. The highest BCUT2D eigenvalue weighted by Gasteiger charge is 2.16. The van der Waals surface area contributed by atoms with E-state index in [4.69, 9.17) is 16.3 Å². The monoisotopic (exact) mass is 364 g/mol. The minimum absolute atomic E-state index is 0.0471. The van der Waals surface area contributed by atoms with E-state index in [1.807, 2.05) is 0 Å². The van der Waals surface area contributed by atoms with Crippen molar-refractivity contribution in [3.63, 3.8) is 0 Å². The lowest BCUT2D eigenvalue weighted by Crippen LogP contribution is -2.11. The molecule has 130 valence electrons. The molecule has 0 bridgehead atoms. The van der Waals surface area contributed by atoms with Crippen molar-refractivity contribution < 1.29 is 4.74 Å². The molecule has 3 aromatic carbocycles. The highest BCUT2D eigenvalue weighted by atomic mass is 35.5. The van der Waals surface area contributed by atoms with Gasteiger partial charge in [-0.2, -0.15) is 15.0 Å². The summed E-state index contributed by atoms with van der Waals surface area (Å²) in [5.74, 6) is 0.381. The van der Waals surface area contributed by atoms with Gasteiger partial charge in [0.1, 0.15) is 0 Å². The number of methoxy groups -OCH3 is 1. The summed E-state index contributed by atoms with van der Waals surface area (Å²) in [6.07, 6.45) is 0. The van der Waals surface area contributed by atoms with Gasteiger partial charge in [0.15, 0.2) is 0 Å². The Morgan fingerprint density at radius 3 is 2.15 bits per heavy atom. The standard InChI is InChI=1S/C20H17ClN4O/c1-12(22-19-23-18(21)24-20(25-19)26-2)17-15-9-5-3-7-13(15)11-14-8-4-6-10-16(14)17/h3-12H,1-2H3,(H,22,23,24,25)/t12-/m1/s1. The number of benzene rings is 3. The van der Waals surface area contributed by atoms with Gasteiger partial charge in [0.05, 0.1) is 13.2 Å². The molecular weight excluding hydrogens is 348 g/mol. The molecule has 1 N–H and O–H groups in total. The molecule has 4 aromatic rings. The quantitative estimate of drug-likeness (QED) is 0.515. The Kier molecular flexibility index (Phi) is 4.31. The SMILES string of the molecule is COc1nc(Cl)nc(N[C@H](C)c2c3ccccc3cc3ccccc23)n1. The maximum atomic E-state index is 5.97. The van der Waals surface area contributed by atoms with Crippen molar-refractivity contribution >= 4 is 39.1 Å². The predicted molar refractivity (Wildman–Crippen MR) is 105 cm³/mol. The zero-order chi connectivity index (χ0) is 18.1. The molecule has 0 unspecified atom stereocenters. The Labute approximate surface area is 156 Å². The fraction of sp³-hybridized carbons (Fsp3) is 0.150. The lowest BCUT2D eigenvalue weighted by Gasteiger charge is -2.19. The molecule has 0 aliphatic carbocycles. The average Bonchev–Trinajstić information content (AvgIpc) is 2.65. The van der Waals surface area contributed by atoms with Crippen molar-refractivity contribution in [2.24, 2.45) is 0 Å². The summed E-state index contributed by atoms with van der Waals surface area (Å²) < 4.78 is 5.08. The summed E-state index contributed by atoms with van der Waals surface area (Å²) in [6, 6.07) is 19.1. The van der Waals surface area contributed by atoms with E-state index >= 15 is 0 Å². The van der Waals surface area contributed by atoms with Gasteiger partial charge < -0.3 is 10.1 Å². The van der Waals surface area contributed by atoms with Crippen molar-refractivity contribution in [1.82, 2.24) is 15.0 Å². The second-order valence-corrected chi connectivity index (χ2v) is 6.35. The highest BCUT2D eigenvalue weighted by molar-refractivity contribution is 6.28. The predicted octanol–water partition coefficient (Wildman–Crippen LogP) is 5.01. The number of nitrogens with one attached hydrogen (secondary N) is 1. The third-order valence-corrected chi connectivity index (χ3v) is 4.53. The van der Waals surface area contributed by atoms with Gasteiger partial charge in [0.25, 0.3) is 0 Å². The maximum absolute atomic E-state index is 5.97. The van der Waals surface area contributed by atoms with E-state index in [0.29, 0.717) is 5.95 Å². The van der Waals surface area contributed by atoms with Crippen LogP contribution in [-0.2, 0) is 0 Å². The third kappa shape index (κ3) is 3.02. The van der Waals surface area contributed by atoms with Crippen LogP contribution in [0.15, 0.2) is 54.6 Å². The van der Waals surface area contributed by atoms with Gasteiger partial charge >= 0.3 is 6.01 Å². The second kappa shape index (κ2) is 6.77. The smallest absolute Gasteiger partial charge is 0.322 e. The summed E-state index contributed by atoms with van der Waals surface area (Å²) >= 11 is 5.97. The van der Waals surface area contributed by atoms with E-state index in [1.165, 1.54) is 34.2 Å². The van der Waals surface area contributed by atoms with Crippen LogP contribution >= 0.6 is 11.6 Å². The number of halogens is 1. The molecule has 0 spiro atoms. The first-order valence-electron chi connectivity index (χ1n) is 8.28. The van der Waals surface area contributed by atoms with Gasteiger partial charge in [-0.1, -0.05) is 48.5 Å². The fourth-order valence-electron chi connectivity index (χ4n) is 3.27. The Morgan fingerprint density at radius 1 is 0.923 bits per heavy atom. The van der Waals surface area contributed by atoms with Gasteiger partial charge in [-0.3, -0.25) is 0 Å². The summed E-state index contributed by atoms with van der Waals surface area (Å²) in [5.41, 5.74) is 1.19. The molecule has 1 heterocycles. The molecule has 0 saturated carbocycles. The molecule has 0 aliphatic rings. The van der Waals surface area contributed by atoms with E-state index in [2.05, 4.69) is 81.8 Å². The molecule has 0 saturated heterocycles. The zero-order valence-corrected chi connectivity index (χ0v) is 15.2. The van der Waals surface area contributed by atoms with Gasteiger partial charge in [-0.25, -0.2) is 0 Å². The lowest BCUT2D eigenvalue weighted by atomic mass is 9.93. The van der Waals surface area contributed by atoms with Crippen molar-refractivity contribution in [2.45, 2.75) is 13.0 Å². The Hall–Kier alpha value is -2.92. The van der Waals surface area contributed by atoms with Crippen LogP contribution < -0.4 is 10.1 Å². The minimum atomic E-state index is -0.0471. The van der Waals surface area contributed by atoms with Crippen molar-refractivity contribution in [2.75, 3.05) is 12.4 Å². The summed E-state index contributed by atoms with van der Waals surface area (Å²) in [7, 11) is 1.50. The molecule has 4 rings (SSSR count). The van der Waals surface area contributed by atoms with Crippen LogP contribution in [0.4, 0.5) is 5.95 Å². The summed E-state index contributed by atoms with van der Waals surface area (Å²) in [6.45, 7) is 2.08. The zero-order valence-electron chi connectivity index (χ0n) is 14.4. The number of nitrogens with zero attached hydrogens (tertiary/aromatic N) is 3. The minimum Gasteiger partial charge on any atom is -0.467 e. The van der Waals surface area contributed by atoms with E-state index in [0.717, 1.165) is 0 Å². The van der Waals surface area contributed by atoms with Gasteiger partial charge in [0.2, 0.25) is 11.2 Å². The van der Waals surface area contributed by atoms with Crippen LogP contribution in [-0.4, -0.2) is 22.1 Å². The first-order chi connectivity index (χ1) is 12.7. The van der Waals surface area contributed by atoms with Crippen LogP contribution in [0.25, 0.3) is 21.5 Å². The Bertz CT molecular complexity index is 1050. The van der Waals surface area contributed by atoms with Crippen LogP contribution in [0.5, 0.6) is 6.01 Å². The normalized spacial score (nSPS) is 12.3. The largest absolute Gasteiger partial charge is 0.467 e. The van der Waals surface area contributed by atoms with Crippen molar-refractivity contribution in [3.05, 3.63) is 65.4 Å². The van der Waals surface area contributed by atoms with Crippen molar-refractivity contribution in [3.8, 4) is 6.01 Å². The molecule has 0 amide bonds. The van der Waals surface area contributed by atoms with Gasteiger partial charge in [-0.05, 0) is 51.7 Å². The van der Waals surface area contributed by atoms with Crippen LogP contribution in [0, 0.1) is 0 Å². The number of aromatic nitrogens is 3. The number of ether oxygens (including phenoxy) is 1. The summed E-state index contributed by atoms with van der Waals surface area (Å²) in [5, 5.41) is 8.20. The van der Waals surface area contributed by atoms with E-state index in [9.17, 15) is 0 Å². The molecule has 0 aliphatic heterocycles. The van der Waals surface area contributed by atoms with Crippen molar-refractivity contribution in [1.29, 1.82) is 0 Å². The molecule has 0 fully saturated rings. The number of rotatable bonds is 4. The molecule has 0 radical (unpaired) electrons. The Morgan fingerprint density at radius 2 is 1.54 bits per heavy atom. The lowest BCUT2D eigenvalue weighted by molar-refractivity contribution is 0.378. The molecule has 1 atom stereocenters. The van der Waals surface area contributed by atoms with E-state index < -0.39 is 0 Å². The van der Waals surface area contributed by atoms with Gasteiger partial charge in [0, 0.05) is 0 Å². The highest BCUT2D eigenvalue weighted by Crippen LogP contribution is 2.34. The average molecular weight is 365 g/mol. The second-order valence-electron chi connectivity index (χ2n) is 6.01. The number of hydrogen-bond acceptors (Lipinski definition) is 5. The summed E-state index contributed by atoms with van der Waals surface area (Å²) in [4.78, 5) is 12.3. The number of hydrogen-bond donors (Lipinski definition) is 1. The number of fused-ring (bicyclic) bond motifs is 2. The first-order valence-corrected chi connectivity index (χ1v) is 8.66. The van der Waals surface area contributed by atoms with Crippen LogP contribution in [0.2, 0.25) is 5.28 Å². The number of anilines is 1. The van der Waals surface area contributed by atoms with E-state index in [1.54, 1.807) is 0 Å².